The van der Waals surface area contributed by atoms with Gasteiger partial charge >= 0.3 is 6.09 Å². The van der Waals surface area contributed by atoms with E-state index in [1.807, 2.05) is 11.8 Å². The third-order valence-electron chi connectivity index (χ3n) is 7.00. The lowest BCUT2D eigenvalue weighted by Gasteiger charge is -2.55. The van der Waals surface area contributed by atoms with Gasteiger partial charge < -0.3 is 9.16 Å². The van der Waals surface area contributed by atoms with E-state index in [4.69, 9.17) is 9.16 Å². The van der Waals surface area contributed by atoms with Gasteiger partial charge in [0.1, 0.15) is 0 Å². The minimum atomic E-state index is -2.84. The van der Waals surface area contributed by atoms with E-state index < -0.39 is 19.4 Å². The molecule has 1 aliphatic heterocycles. The predicted molar refractivity (Wildman–Crippen MR) is 145 cm³/mol. The zero-order chi connectivity index (χ0) is 25.1. The maximum absolute atomic E-state index is 13.0. The zero-order valence-electron chi connectivity index (χ0n) is 21.5. The third-order valence-corrected chi connectivity index (χ3v) is 11.1. The molecule has 4 nitrogen and oxygen atoms in total. The van der Waals surface area contributed by atoms with Gasteiger partial charge in [-0.2, -0.15) is 0 Å². The number of hydrogen-bond acceptors (Lipinski definition) is 3. The van der Waals surface area contributed by atoms with Gasteiger partial charge in [-0.05, 0) is 63.0 Å². The molecule has 0 aromatic heterocycles. The van der Waals surface area contributed by atoms with Crippen molar-refractivity contribution in [1.29, 1.82) is 0 Å². The summed E-state index contributed by atoms with van der Waals surface area (Å²) < 4.78 is 12.9. The van der Waals surface area contributed by atoms with Gasteiger partial charge in [0.05, 0.1) is 12.7 Å². The maximum atomic E-state index is 13.0. The zero-order valence-corrected chi connectivity index (χ0v) is 22.5. The Balaban J connectivity index is 1.83. The smallest absolute Gasteiger partial charge is 0.410 e. The average molecular weight is 488 g/mol. The number of nitrogens with zero attached hydrogens (tertiary/aromatic N) is 1. The van der Waals surface area contributed by atoms with Crippen molar-refractivity contribution in [3.8, 4) is 0 Å². The first-order valence-corrected chi connectivity index (χ1v) is 14.4. The van der Waals surface area contributed by atoms with Crippen molar-refractivity contribution in [2.45, 2.75) is 64.6 Å². The lowest BCUT2D eigenvalue weighted by atomic mass is 9.78. The minimum Gasteiger partial charge on any atom is -0.450 e. The second-order valence-electron chi connectivity index (χ2n) is 10.6. The molecule has 0 atom stereocenters. The Labute approximate surface area is 211 Å². The van der Waals surface area contributed by atoms with Crippen LogP contribution in [0.3, 0.4) is 0 Å². The Morgan fingerprint density at radius 2 is 1.14 bits per heavy atom. The second-order valence-corrected chi connectivity index (χ2v) is 13.9. The van der Waals surface area contributed by atoms with Crippen LogP contribution in [0.4, 0.5) is 4.79 Å². The van der Waals surface area contributed by atoms with Crippen molar-refractivity contribution in [1.82, 2.24) is 4.90 Å². The van der Waals surface area contributed by atoms with Gasteiger partial charge in [0.2, 0.25) is 0 Å². The highest BCUT2D eigenvalue weighted by Crippen LogP contribution is 2.41. The summed E-state index contributed by atoms with van der Waals surface area (Å²) in [7, 11) is -2.84. The van der Waals surface area contributed by atoms with E-state index in [-0.39, 0.29) is 12.2 Å². The first kappa shape index (κ1) is 25.2. The molecule has 3 aromatic carbocycles. The maximum Gasteiger partial charge on any atom is 0.410 e. The number of likely N-dealkylation sites (tertiary alicyclic amines) is 1. The molecule has 3 aromatic rings. The van der Waals surface area contributed by atoms with Gasteiger partial charge in [0, 0.05) is 11.1 Å². The average Bonchev–Trinajstić information content (AvgIpc) is 2.83. The van der Waals surface area contributed by atoms with E-state index in [0.29, 0.717) is 6.61 Å². The Morgan fingerprint density at radius 3 is 1.49 bits per heavy atom. The largest absolute Gasteiger partial charge is 0.450 e. The summed E-state index contributed by atoms with van der Waals surface area (Å²) in [6.07, 6.45) is 1.18. The van der Waals surface area contributed by atoms with E-state index in [9.17, 15) is 4.79 Å². The fourth-order valence-corrected chi connectivity index (χ4v) is 9.99. The molecule has 35 heavy (non-hydrogen) atoms. The third kappa shape index (κ3) is 4.93. The lowest BCUT2D eigenvalue weighted by Crippen LogP contribution is -2.72. The molecule has 0 bridgehead atoms. The van der Waals surface area contributed by atoms with Gasteiger partial charge in [0.25, 0.3) is 8.32 Å². The Hall–Kier alpha value is -2.89. The molecular formula is C30H37NO3Si. The molecule has 1 saturated heterocycles. The molecule has 0 radical (unpaired) electrons. The summed E-state index contributed by atoms with van der Waals surface area (Å²) >= 11 is 0. The molecule has 0 N–H and O–H groups in total. The van der Waals surface area contributed by atoms with Crippen molar-refractivity contribution in [2.24, 2.45) is 0 Å². The highest BCUT2D eigenvalue weighted by Gasteiger charge is 2.52. The van der Waals surface area contributed by atoms with E-state index in [1.54, 1.807) is 0 Å². The summed E-state index contributed by atoms with van der Waals surface area (Å²) in [5.41, 5.74) is -0.828. The van der Waals surface area contributed by atoms with Crippen LogP contribution >= 0.6 is 0 Å². The SMILES string of the molecule is CCOC(=O)N1C(C)(C)CC(O[Si](c2ccccc2)(c2ccccc2)c2ccccc2)CC1(C)C. The van der Waals surface area contributed by atoms with Crippen LogP contribution in [0.2, 0.25) is 0 Å². The topological polar surface area (TPSA) is 38.8 Å². The van der Waals surface area contributed by atoms with Gasteiger partial charge in [-0.3, -0.25) is 4.90 Å². The number of rotatable bonds is 6. The van der Waals surface area contributed by atoms with Crippen LogP contribution in [0.25, 0.3) is 0 Å². The number of ether oxygens (including phenoxy) is 1. The molecule has 0 unspecified atom stereocenters. The summed E-state index contributed by atoms with van der Waals surface area (Å²) in [5, 5.41) is 3.67. The van der Waals surface area contributed by atoms with Crippen molar-refractivity contribution in [3.63, 3.8) is 0 Å². The highest BCUT2D eigenvalue weighted by molar-refractivity contribution is 7.07. The standard InChI is InChI=1S/C30H37NO3Si/c1-6-33-28(32)31-29(2,3)22-24(23-30(31,4)5)34-35(25-16-10-7-11-17-25,26-18-12-8-13-19-26)27-20-14-9-15-21-27/h7-21,24H,6,22-23H2,1-5H3. The van der Waals surface area contributed by atoms with Crippen LogP contribution in [-0.4, -0.2) is 43.1 Å². The number of hydrogen-bond donors (Lipinski definition) is 0. The van der Waals surface area contributed by atoms with Crippen LogP contribution in [0.15, 0.2) is 91.0 Å². The molecule has 4 rings (SSSR count). The van der Waals surface area contributed by atoms with E-state index in [2.05, 4.69) is 119 Å². The number of carbonyl (C=O) groups is 1. The van der Waals surface area contributed by atoms with Crippen molar-refractivity contribution < 1.29 is 14.0 Å². The number of amides is 1. The molecule has 1 amide bonds. The first-order valence-electron chi connectivity index (χ1n) is 12.5. The molecule has 0 aliphatic carbocycles. The Kier molecular flexibility index (Phi) is 7.20. The van der Waals surface area contributed by atoms with Crippen LogP contribution < -0.4 is 15.6 Å². The molecule has 1 aliphatic rings. The predicted octanol–water partition coefficient (Wildman–Crippen LogP) is 4.85. The Bertz CT molecular complexity index is 1000. The van der Waals surface area contributed by atoms with E-state index in [0.717, 1.165) is 12.8 Å². The fourth-order valence-electron chi connectivity index (χ4n) is 5.93. The van der Waals surface area contributed by atoms with Crippen molar-refractivity contribution >= 4 is 30.0 Å². The lowest BCUT2D eigenvalue weighted by molar-refractivity contribution is -0.0628. The molecule has 0 spiro atoms. The number of carbonyl (C=O) groups excluding carboxylic acids is 1. The second kappa shape index (κ2) is 10.00. The van der Waals surface area contributed by atoms with Crippen LogP contribution in [0.5, 0.6) is 0 Å². The van der Waals surface area contributed by atoms with Gasteiger partial charge in [-0.15, -0.1) is 0 Å². The van der Waals surface area contributed by atoms with Crippen LogP contribution in [0.1, 0.15) is 47.5 Å². The molecule has 1 heterocycles. The first-order chi connectivity index (χ1) is 16.7. The number of piperidine rings is 1. The highest BCUT2D eigenvalue weighted by atomic mass is 28.4. The molecule has 184 valence electrons. The Morgan fingerprint density at radius 1 is 0.771 bits per heavy atom. The summed E-state index contributed by atoms with van der Waals surface area (Å²) in [6, 6.07) is 32.0. The van der Waals surface area contributed by atoms with Crippen molar-refractivity contribution in [2.75, 3.05) is 6.61 Å². The fraction of sp³-hybridized carbons (Fsp3) is 0.367. The van der Waals surface area contributed by atoms with Crippen LogP contribution in [-0.2, 0) is 9.16 Å². The minimum absolute atomic E-state index is 0.0297. The molecule has 0 saturated carbocycles. The van der Waals surface area contributed by atoms with Crippen LogP contribution in [0, 0.1) is 0 Å². The molecule has 1 fully saturated rings. The number of benzene rings is 3. The summed E-state index contributed by atoms with van der Waals surface area (Å²) in [6.45, 7) is 10.7. The molecule has 5 heteroatoms. The van der Waals surface area contributed by atoms with E-state index >= 15 is 0 Å². The van der Waals surface area contributed by atoms with Gasteiger partial charge in [-0.25, -0.2) is 4.79 Å². The van der Waals surface area contributed by atoms with E-state index in [1.165, 1.54) is 15.6 Å². The van der Waals surface area contributed by atoms with Gasteiger partial charge in [-0.1, -0.05) is 91.0 Å². The van der Waals surface area contributed by atoms with Gasteiger partial charge in [0.15, 0.2) is 0 Å². The molecular weight excluding hydrogens is 450 g/mol. The van der Waals surface area contributed by atoms with Crippen molar-refractivity contribution in [3.05, 3.63) is 91.0 Å². The summed E-state index contributed by atoms with van der Waals surface area (Å²) in [4.78, 5) is 14.9. The quantitative estimate of drug-likeness (QED) is 0.369. The summed E-state index contributed by atoms with van der Waals surface area (Å²) in [5.74, 6) is 0. The monoisotopic (exact) mass is 487 g/mol. The normalized spacial score (nSPS) is 17.7.